The van der Waals surface area contributed by atoms with Crippen LogP contribution in [0.5, 0.6) is 11.5 Å². The van der Waals surface area contributed by atoms with Crippen LogP contribution in [0.15, 0.2) is 48.5 Å². The van der Waals surface area contributed by atoms with Crippen LogP contribution in [0.25, 0.3) is 6.08 Å². The molecule has 1 saturated carbocycles. The largest absolute Gasteiger partial charge is 0.454 e. The maximum absolute atomic E-state index is 12.7. The fourth-order valence-electron chi connectivity index (χ4n) is 3.91. The fourth-order valence-corrected chi connectivity index (χ4v) is 3.91. The van der Waals surface area contributed by atoms with Crippen molar-refractivity contribution in [1.29, 1.82) is 0 Å². The standard InChI is InChI=1S/C24H26N2O4/c1-26(20-5-3-2-4-6-20)24(28)18-9-11-19(12-10-18)25-23(27)14-8-17-7-13-21-22(15-17)30-16-29-21/h7-15,20H,2-6,16H2,1H3,(H,25,27)/b14-8+. The van der Waals surface area contributed by atoms with Gasteiger partial charge in [-0.15, -0.1) is 0 Å². The second-order valence-electron chi connectivity index (χ2n) is 7.72. The van der Waals surface area contributed by atoms with Crippen molar-refractivity contribution in [2.45, 2.75) is 38.1 Å². The number of ether oxygens (including phenoxy) is 2. The van der Waals surface area contributed by atoms with Crippen LogP contribution in [0.1, 0.15) is 48.0 Å². The molecular weight excluding hydrogens is 380 g/mol. The molecule has 6 nitrogen and oxygen atoms in total. The van der Waals surface area contributed by atoms with Crippen LogP contribution < -0.4 is 14.8 Å². The van der Waals surface area contributed by atoms with E-state index in [4.69, 9.17) is 9.47 Å². The van der Waals surface area contributed by atoms with E-state index < -0.39 is 0 Å². The Kier molecular flexibility index (Phi) is 6.02. The van der Waals surface area contributed by atoms with Gasteiger partial charge in [0.15, 0.2) is 11.5 Å². The number of carbonyl (C=O) groups is 2. The van der Waals surface area contributed by atoms with Crippen molar-refractivity contribution in [3.8, 4) is 11.5 Å². The Bertz CT molecular complexity index is 946. The van der Waals surface area contributed by atoms with Crippen LogP contribution >= 0.6 is 0 Å². The Morgan fingerprint density at radius 1 is 1.00 bits per heavy atom. The molecule has 156 valence electrons. The molecule has 0 spiro atoms. The summed E-state index contributed by atoms with van der Waals surface area (Å²) >= 11 is 0. The quantitative estimate of drug-likeness (QED) is 0.744. The van der Waals surface area contributed by atoms with E-state index in [1.54, 1.807) is 30.3 Å². The molecule has 1 aliphatic heterocycles. The number of benzene rings is 2. The third-order valence-corrected chi connectivity index (χ3v) is 5.67. The zero-order chi connectivity index (χ0) is 20.9. The van der Waals surface area contributed by atoms with Crippen molar-refractivity contribution in [3.05, 3.63) is 59.7 Å². The van der Waals surface area contributed by atoms with Gasteiger partial charge in [-0.25, -0.2) is 0 Å². The van der Waals surface area contributed by atoms with Crippen LogP contribution in [-0.4, -0.2) is 36.6 Å². The summed E-state index contributed by atoms with van der Waals surface area (Å²) in [5, 5.41) is 2.82. The summed E-state index contributed by atoms with van der Waals surface area (Å²) in [6.07, 6.45) is 8.97. The van der Waals surface area contributed by atoms with Crippen LogP contribution in [-0.2, 0) is 4.79 Å². The molecule has 0 unspecified atom stereocenters. The lowest BCUT2D eigenvalue weighted by molar-refractivity contribution is -0.111. The number of hydrogen-bond acceptors (Lipinski definition) is 4. The molecule has 0 atom stereocenters. The van der Waals surface area contributed by atoms with Gasteiger partial charge in [0.1, 0.15) is 0 Å². The minimum atomic E-state index is -0.244. The number of nitrogens with zero attached hydrogens (tertiary/aromatic N) is 1. The highest BCUT2D eigenvalue weighted by Crippen LogP contribution is 2.32. The summed E-state index contributed by atoms with van der Waals surface area (Å²) in [7, 11) is 1.88. The van der Waals surface area contributed by atoms with Crippen LogP contribution in [0.2, 0.25) is 0 Å². The molecule has 4 rings (SSSR count). The highest BCUT2D eigenvalue weighted by atomic mass is 16.7. The van der Waals surface area contributed by atoms with E-state index in [1.165, 1.54) is 25.3 Å². The molecule has 0 saturated heterocycles. The Balaban J connectivity index is 1.33. The molecule has 2 aromatic rings. The Labute approximate surface area is 176 Å². The molecular formula is C24H26N2O4. The normalized spacial score (nSPS) is 15.9. The van der Waals surface area contributed by atoms with Gasteiger partial charge in [-0.1, -0.05) is 25.3 Å². The topological polar surface area (TPSA) is 67.9 Å². The van der Waals surface area contributed by atoms with E-state index in [0.717, 1.165) is 18.4 Å². The van der Waals surface area contributed by atoms with Gasteiger partial charge in [-0.3, -0.25) is 9.59 Å². The molecule has 2 amide bonds. The van der Waals surface area contributed by atoms with Crippen LogP contribution in [0.4, 0.5) is 5.69 Å². The Morgan fingerprint density at radius 3 is 2.50 bits per heavy atom. The van der Waals surface area contributed by atoms with Crippen molar-refractivity contribution >= 4 is 23.6 Å². The maximum atomic E-state index is 12.7. The SMILES string of the molecule is CN(C(=O)c1ccc(NC(=O)/C=C/c2ccc3c(c2)OCO3)cc1)C1CCCCC1. The second-order valence-corrected chi connectivity index (χ2v) is 7.72. The summed E-state index contributed by atoms with van der Waals surface area (Å²) in [6.45, 7) is 0.220. The lowest BCUT2D eigenvalue weighted by Crippen LogP contribution is -2.38. The van der Waals surface area contributed by atoms with Crippen molar-refractivity contribution < 1.29 is 19.1 Å². The smallest absolute Gasteiger partial charge is 0.253 e. The lowest BCUT2D eigenvalue weighted by Gasteiger charge is -2.31. The van der Waals surface area contributed by atoms with Crippen LogP contribution in [0, 0.1) is 0 Å². The predicted molar refractivity (Wildman–Crippen MR) is 116 cm³/mol. The molecule has 2 aliphatic rings. The molecule has 1 aliphatic carbocycles. The highest BCUT2D eigenvalue weighted by Gasteiger charge is 2.22. The number of carbonyl (C=O) groups excluding carboxylic acids is 2. The number of nitrogens with one attached hydrogen (secondary N) is 1. The zero-order valence-electron chi connectivity index (χ0n) is 17.1. The van der Waals surface area contributed by atoms with E-state index in [-0.39, 0.29) is 18.6 Å². The molecule has 2 aromatic carbocycles. The molecule has 0 bridgehead atoms. The lowest BCUT2D eigenvalue weighted by atomic mass is 9.94. The molecule has 1 fully saturated rings. The third kappa shape index (κ3) is 4.64. The van der Waals surface area contributed by atoms with Gasteiger partial charge in [0, 0.05) is 30.4 Å². The van der Waals surface area contributed by atoms with Gasteiger partial charge in [0.05, 0.1) is 0 Å². The summed E-state index contributed by atoms with van der Waals surface area (Å²) in [5.41, 5.74) is 2.13. The third-order valence-electron chi connectivity index (χ3n) is 5.67. The summed E-state index contributed by atoms with van der Waals surface area (Å²) in [4.78, 5) is 26.8. The zero-order valence-corrected chi connectivity index (χ0v) is 17.1. The van der Waals surface area contributed by atoms with Crippen molar-refractivity contribution in [1.82, 2.24) is 4.90 Å². The molecule has 1 heterocycles. The van der Waals surface area contributed by atoms with Crippen LogP contribution in [0.3, 0.4) is 0 Å². The van der Waals surface area contributed by atoms with Crippen molar-refractivity contribution in [2.24, 2.45) is 0 Å². The Hall–Kier alpha value is -3.28. The first-order valence-electron chi connectivity index (χ1n) is 10.4. The number of amides is 2. The average molecular weight is 406 g/mol. The number of anilines is 1. The van der Waals surface area contributed by atoms with E-state index >= 15 is 0 Å². The number of rotatable bonds is 5. The van der Waals surface area contributed by atoms with Gasteiger partial charge in [0.25, 0.3) is 5.91 Å². The van der Waals surface area contributed by atoms with Crippen molar-refractivity contribution in [3.63, 3.8) is 0 Å². The van der Waals surface area contributed by atoms with Gasteiger partial charge < -0.3 is 19.7 Å². The molecule has 1 N–H and O–H groups in total. The minimum absolute atomic E-state index is 0.0301. The van der Waals surface area contributed by atoms with Crippen molar-refractivity contribution in [2.75, 3.05) is 19.2 Å². The van der Waals surface area contributed by atoms with E-state index in [2.05, 4.69) is 5.32 Å². The molecule has 0 radical (unpaired) electrons. The summed E-state index contributed by atoms with van der Waals surface area (Å²) in [5.74, 6) is 1.17. The predicted octanol–water partition coefficient (Wildman–Crippen LogP) is 4.47. The first-order chi connectivity index (χ1) is 14.6. The first-order valence-corrected chi connectivity index (χ1v) is 10.4. The minimum Gasteiger partial charge on any atom is -0.454 e. The molecule has 6 heteroatoms. The highest BCUT2D eigenvalue weighted by molar-refractivity contribution is 6.02. The number of fused-ring (bicyclic) bond motifs is 1. The number of hydrogen-bond donors (Lipinski definition) is 1. The first kappa shape index (κ1) is 20.0. The van der Waals surface area contributed by atoms with Gasteiger partial charge in [-0.2, -0.15) is 0 Å². The summed E-state index contributed by atoms with van der Waals surface area (Å²) < 4.78 is 10.6. The van der Waals surface area contributed by atoms with E-state index in [1.807, 2.05) is 30.1 Å². The van der Waals surface area contributed by atoms with Gasteiger partial charge in [0.2, 0.25) is 12.7 Å². The molecule has 30 heavy (non-hydrogen) atoms. The van der Waals surface area contributed by atoms with Gasteiger partial charge in [-0.05, 0) is 60.9 Å². The van der Waals surface area contributed by atoms with Gasteiger partial charge >= 0.3 is 0 Å². The second kappa shape index (κ2) is 9.03. The van der Waals surface area contributed by atoms with E-state index in [0.29, 0.717) is 28.8 Å². The monoisotopic (exact) mass is 406 g/mol. The Morgan fingerprint density at radius 2 is 1.73 bits per heavy atom. The average Bonchev–Trinajstić information content (AvgIpc) is 3.26. The maximum Gasteiger partial charge on any atom is 0.253 e. The van der Waals surface area contributed by atoms with E-state index in [9.17, 15) is 9.59 Å². The molecule has 0 aromatic heterocycles. The summed E-state index contributed by atoms with van der Waals surface area (Å²) in [6, 6.07) is 12.9. The fraction of sp³-hybridized carbons (Fsp3) is 0.333.